The van der Waals surface area contributed by atoms with Crippen molar-refractivity contribution in [2.75, 3.05) is 17.7 Å². The molecule has 0 amide bonds. The molecule has 0 aliphatic heterocycles. The third kappa shape index (κ3) is 4.95. The smallest absolute Gasteiger partial charge is 0.155 e. The molecule has 0 spiro atoms. The zero-order valence-electron chi connectivity index (χ0n) is 19.2. The number of pyridine rings is 1. The van der Waals surface area contributed by atoms with Crippen LogP contribution in [0.5, 0.6) is 5.75 Å². The summed E-state index contributed by atoms with van der Waals surface area (Å²) >= 11 is 9.74. The molecule has 0 aliphatic rings. The maximum atomic E-state index is 9.69. The summed E-state index contributed by atoms with van der Waals surface area (Å²) in [6, 6.07) is 21.5. The minimum Gasteiger partial charge on any atom is -0.492 e. The number of nitrogens with zero attached hydrogens (tertiary/aromatic N) is 3. The molecule has 0 aliphatic carbocycles. The second-order valence-corrected chi connectivity index (χ2v) is 10.3. The SMILES string of the molecule is CCOc1cc2ncc(C#N)c(Nc3ccc(Sc4nc(-c5ccccc5)cs4)c(Cl)c3)c2cc1N. The van der Waals surface area contributed by atoms with Gasteiger partial charge in [-0.25, -0.2) is 4.98 Å². The number of halogens is 1. The van der Waals surface area contributed by atoms with Crippen LogP contribution in [0.15, 0.2) is 81.5 Å². The topological polar surface area (TPSA) is 96.8 Å². The number of ether oxygens (including phenoxy) is 1. The molecule has 9 heteroatoms. The third-order valence-corrected chi connectivity index (χ3v) is 7.81. The lowest BCUT2D eigenvalue weighted by atomic mass is 10.1. The van der Waals surface area contributed by atoms with Crippen LogP contribution in [-0.4, -0.2) is 16.6 Å². The maximum Gasteiger partial charge on any atom is 0.155 e. The van der Waals surface area contributed by atoms with Crippen LogP contribution in [0.1, 0.15) is 12.5 Å². The van der Waals surface area contributed by atoms with E-state index in [-0.39, 0.29) is 0 Å². The number of thiazole rings is 1. The van der Waals surface area contributed by atoms with Crippen molar-refractivity contribution in [2.24, 2.45) is 0 Å². The standard InChI is InChI=1S/C27H20ClN5OS2/c1-2-34-24-12-22-19(11-21(24)30)26(17(13-29)14-31-22)32-18-8-9-25(20(28)10-18)36-27-33-23(15-35-27)16-6-4-3-5-7-16/h3-12,14-15H,2,30H2,1H3,(H,31,32). The second kappa shape index (κ2) is 10.5. The van der Waals surface area contributed by atoms with Crippen molar-refractivity contribution in [3.63, 3.8) is 0 Å². The molecule has 0 saturated carbocycles. The van der Waals surface area contributed by atoms with Crippen molar-refractivity contribution in [1.82, 2.24) is 9.97 Å². The lowest BCUT2D eigenvalue weighted by molar-refractivity contribution is 0.342. The summed E-state index contributed by atoms with van der Waals surface area (Å²) in [6.45, 7) is 2.39. The van der Waals surface area contributed by atoms with Gasteiger partial charge in [0, 0.05) is 39.2 Å². The van der Waals surface area contributed by atoms with Gasteiger partial charge in [0.05, 0.1) is 39.8 Å². The fourth-order valence-electron chi connectivity index (χ4n) is 3.68. The Morgan fingerprint density at radius 1 is 1.17 bits per heavy atom. The van der Waals surface area contributed by atoms with E-state index in [0.717, 1.165) is 31.6 Å². The number of benzene rings is 3. The average molecular weight is 530 g/mol. The number of aromatic nitrogens is 2. The van der Waals surface area contributed by atoms with Gasteiger partial charge in [-0.15, -0.1) is 11.3 Å². The first-order chi connectivity index (χ1) is 17.6. The number of nitrogens with two attached hydrogens (primary N) is 1. The summed E-state index contributed by atoms with van der Waals surface area (Å²) < 4.78 is 6.50. The Balaban J connectivity index is 1.42. The zero-order chi connectivity index (χ0) is 25.1. The minimum atomic E-state index is 0.400. The first-order valence-electron chi connectivity index (χ1n) is 11.1. The molecule has 6 nitrogen and oxygen atoms in total. The molecular weight excluding hydrogens is 510 g/mol. The predicted octanol–water partition coefficient (Wildman–Crippen LogP) is 7.76. The highest BCUT2D eigenvalue weighted by Gasteiger charge is 2.14. The highest BCUT2D eigenvalue weighted by atomic mass is 35.5. The average Bonchev–Trinajstić information content (AvgIpc) is 3.36. The minimum absolute atomic E-state index is 0.400. The summed E-state index contributed by atoms with van der Waals surface area (Å²) in [4.78, 5) is 10.0. The van der Waals surface area contributed by atoms with Gasteiger partial charge in [-0.3, -0.25) is 4.98 Å². The van der Waals surface area contributed by atoms with E-state index in [1.807, 2.05) is 60.8 Å². The van der Waals surface area contributed by atoms with Gasteiger partial charge in [0.25, 0.3) is 0 Å². The Hall–Kier alpha value is -3.77. The first kappa shape index (κ1) is 23.9. The molecule has 0 bridgehead atoms. The zero-order valence-corrected chi connectivity index (χ0v) is 21.5. The molecule has 0 saturated heterocycles. The predicted molar refractivity (Wildman–Crippen MR) is 148 cm³/mol. The molecular formula is C27H20ClN5OS2. The Labute approximate surface area is 221 Å². The van der Waals surface area contributed by atoms with Crippen LogP contribution in [0.3, 0.4) is 0 Å². The van der Waals surface area contributed by atoms with Crippen LogP contribution in [0, 0.1) is 11.3 Å². The lowest BCUT2D eigenvalue weighted by Crippen LogP contribution is -2.00. The molecule has 178 valence electrons. The fourth-order valence-corrected chi connectivity index (χ4v) is 5.76. The van der Waals surface area contributed by atoms with Crippen molar-refractivity contribution in [3.8, 4) is 23.1 Å². The Kier molecular flexibility index (Phi) is 6.96. The van der Waals surface area contributed by atoms with Crippen LogP contribution >= 0.6 is 34.7 Å². The third-order valence-electron chi connectivity index (χ3n) is 5.37. The number of fused-ring (bicyclic) bond motifs is 1. The van der Waals surface area contributed by atoms with Crippen molar-refractivity contribution >= 4 is 62.7 Å². The van der Waals surface area contributed by atoms with Crippen molar-refractivity contribution < 1.29 is 4.74 Å². The van der Waals surface area contributed by atoms with Crippen LogP contribution in [0.25, 0.3) is 22.2 Å². The van der Waals surface area contributed by atoms with E-state index in [4.69, 9.17) is 27.1 Å². The van der Waals surface area contributed by atoms with Gasteiger partial charge in [0.1, 0.15) is 11.8 Å². The summed E-state index contributed by atoms with van der Waals surface area (Å²) in [5.74, 6) is 0.565. The van der Waals surface area contributed by atoms with E-state index < -0.39 is 0 Å². The van der Waals surface area contributed by atoms with Gasteiger partial charge in [-0.1, -0.05) is 53.7 Å². The molecule has 3 aromatic carbocycles. The van der Waals surface area contributed by atoms with Crippen LogP contribution in [0.4, 0.5) is 17.1 Å². The highest BCUT2D eigenvalue weighted by molar-refractivity contribution is 8.01. The van der Waals surface area contributed by atoms with Gasteiger partial charge >= 0.3 is 0 Å². The van der Waals surface area contributed by atoms with Gasteiger partial charge in [0.2, 0.25) is 0 Å². The van der Waals surface area contributed by atoms with Crippen LogP contribution in [-0.2, 0) is 0 Å². The number of nitrogen functional groups attached to an aromatic ring is 1. The van der Waals surface area contributed by atoms with Gasteiger partial charge in [-0.05, 0) is 31.2 Å². The Morgan fingerprint density at radius 2 is 2.00 bits per heavy atom. The van der Waals surface area contributed by atoms with E-state index in [9.17, 15) is 5.26 Å². The first-order valence-corrected chi connectivity index (χ1v) is 13.1. The number of anilines is 3. The molecule has 5 aromatic rings. The number of hydrogen-bond acceptors (Lipinski definition) is 8. The van der Waals surface area contributed by atoms with Crippen molar-refractivity contribution in [3.05, 3.63) is 82.8 Å². The Bertz CT molecular complexity index is 1600. The second-order valence-electron chi connectivity index (χ2n) is 7.74. The van der Waals surface area contributed by atoms with Gasteiger partial charge in [-0.2, -0.15) is 5.26 Å². The summed E-state index contributed by atoms with van der Waals surface area (Å²) in [5, 5.41) is 16.4. The van der Waals surface area contributed by atoms with E-state index in [0.29, 0.717) is 39.8 Å². The molecule has 5 rings (SSSR count). The molecule has 3 N–H and O–H groups in total. The molecule has 2 heterocycles. The van der Waals surface area contributed by atoms with E-state index in [1.54, 1.807) is 23.5 Å². The van der Waals surface area contributed by atoms with Crippen molar-refractivity contribution in [1.29, 1.82) is 5.26 Å². The molecule has 0 unspecified atom stereocenters. The van der Waals surface area contributed by atoms with Gasteiger partial charge in [0.15, 0.2) is 4.34 Å². The van der Waals surface area contributed by atoms with E-state index in [1.165, 1.54) is 18.0 Å². The maximum absolute atomic E-state index is 9.69. The normalized spacial score (nSPS) is 10.8. The molecule has 2 aromatic heterocycles. The van der Waals surface area contributed by atoms with E-state index in [2.05, 4.69) is 16.4 Å². The molecule has 0 radical (unpaired) electrons. The van der Waals surface area contributed by atoms with E-state index >= 15 is 0 Å². The monoisotopic (exact) mass is 529 g/mol. The quantitative estimate of drug-likeness (QED) is 0.208. The summed E-state index contributed by atoms with van der Waals surface area (Å²) in [5.41, 5.74) is 11.1. The van der Waals surface area contributed by atoms with Crippen LogP contribution in [0.2, 0.25) is 5.02 Å². The summed E-state index contributed by atoms with van der Waals surface area (Å²) in [7, 11) is 0. The lowest BCUT2D eigenvalue weighted by Gasteiger charge is -2.14. The molecule has 0 fully saturated rings. The van der Waals surface area contributed by atoms with Crippen LogP contribution < -0.4 is 15.8 Å². The number of rotatable bonds is 7. The number of nitrogens with one attached hydrogen (secondary N) is 1. The number of nitriles is 1. The van der Waals surface area contributed by atoms with Crippen molar-refractivity contribution in [2.45, 2.75) is 16.2 Å². The molecule has 36 heavy (non-hydrogen) atoms. The Morgan fingerprint density at radius 3 is 2.75 bits per heavy atom. The highest BCUT2D eigenvalue weighted by Crippen LogP contribution is 2.39. The largest absolute Gasteiger partial charge is 0.492 e. The fraction of sp³-hybridized carbons (Fsp3) is 0.0741. The summed E-state index contributed by atoms with van der Waals surface area (Å²) in [6.07, 6.45) is 1.54. The molecule has 0 atom stereocenters. The van der Waals surface area contributed by atoms with Gasteiger partial charge < -0.3 is 15.8 Å². The number of hydrogen-bond donors (Lipinski definition) is 2.